The van der Waals surface area contributed by atoms with E-state index in [1.54, 1.807) is 30.6 Å². The molecule has 3 heterocycles. The van der Waals surface area contributed by atoms with Crippen LogP contribution >= 0.6 is 0 Å². The van der Waals surface area contributed by atoms with E-state index in [1.165, 1.54) is 6.26 Å². The molecule has 1 aromatic carbocycles. The van der Waals surface area contributed by atoms with E-state index >= 15 is 0 Å². The molecule has 30 heavy (non-hydrogen) atoms. The first-order valence-electron chi connectivity index (χ1n) is 9.72. The second kappa shape index (κ2) is 7.69. The van der Waals surface area contributed by atoms with Gasteiger partial charge in [0.2, 0.25) is 0 Å². The Morgan fingerprint density at radius 2 is 1.90 bits per heavy atom. The zero-order valence-electron chi connectivity index (χ0n) is 16.8. The van der Waals surface area contributed by atoms with E-state index in [2.05, 4.69) is 30.9 Å². The van der Waals surface area contributed by atoms with Gasteiger partial charge in [-0.2, -0.15) is 0 Å². The Kier molecular flexibility index (Phi) is 5.20. The van der Waals surface area contributed by atoms with Crippen LogP contribution in [0.15, 0.2) is 47.8 Å². The van der Waals surface area contributed by atoms with Crippen LogP contribution in [0.1, 0.15) is 18.4 Å². The number of H-pyrrole nitrogens is 1. The maximum absolute atomic E-state index is 12.8. The van der Waals surface area contributed by atoms with Gasteiger partial charge >= 0.3 is 0 Å². The molecule has 3 aromatic rings. The number of aromatic amines is 1. The summed E-state index contributed by atoms with van der Waals surface area (Å²) in [4.78, 5) is 27.0. The predicted molar refractivity (Wildman–Crippen MR) is 112 cm³/mol. The van der Waals surface area contributed by atoms with Crippen molar-refractivity contribution in [2.24, 2.45) is 0 Å². The topological polar surface area (TPSA) is 136 Å². The van der Waals surface area contributed by atoms with Crippen LogP contribution in [-0.2, 0) is 21.2 Å². The summed E-state index contributed by atoms with van der Waals surface area (Å²) in [6.07, 6.45) is 5.78. The van der Waals surface area contributed by atoms with Crippen LogP contribution in [0.2, 0.25) is 0 Å². The number of piperidine rings is 1. The van der Waals surface area contributed by atoms with Crippen molar-refractivity contribution in [2.45, 2.75) is 29.8 Å². The van der Waals surface area contributed by atoms with Crippen molar-refractivity contribution >= 4 is 32.6 Å². The van der Waals surface area contributed by atoms with Crippen LogP contribution in [0.4, 0.5) is 5.82 Å². The Balaban J connectivity index is 1.37. The largest absolute Gasteiger partial charge is 0.355 e. The number of benzene rings is 1. The number of rotatable bonds is 5. The molecule has 1 saturated heterocycles. The van der Waals surface area contributed by atoms with Crippen LogP contribution in [0.3, 0.4) is 0 Å². The number of hydrogen-bond donors (Lipinski definition) is 3. The minimum absolute atomic E-state index is 0.0937. The summed E-state index contributed by atoms with van der Waals surface area (Å²) in [7, 11) is -3.23. The first-order chi connectivity index (χ1) is 14.3. The highest BCUT2D eigenvalue weighted by molar-refractivity contribution is 7.90. The van der Waals surface area contributed by atoms with Crippen molar-refractivity contribution in [3.05, 3.63) is 48.4 Å². The van der Waals surface area contributed by atoms with Crippen LogP contribution in [0, 0.1) is 0 Å². The van der Waals surface area contributed by atoms with Gasteiger partial charge in [-0.05, 0) is 23.8 Å². The Hall–Kier alpha value is -2.98. The van der Waals surface area contributed by atoms with Crippen LogP contribution < -0.4 is 16.0 Å². The van der Waals surface area contributed by atoms with Gasteiger partial charge in [-0.15, -0.1) is 0 Å². The summed E-state index contributed by atoms with van der Waals surface area (Å²) in [6.45, 7) is 1.69. The predicted octanol–water partition coefficient (Wildman–Crippen LogP) is 0.259. The molecule has 0 unspecified atom stereocenters. The highest BCUT2D eigenvalue weighted by atomic mass is 32.2. The number of nitrogens with zero attached hydrogens (tertiary/aromatic N) is 3. The van der Waals surface area contributed by atoms with E-state index in [0.717, 1.165) is 22.4 Å². The highest BCUT2D eigenvalue weighted by Gasteiger charge is 2.42. The Morgan fingerprint density at radius 1 is 1.20 bits per heavy atom. The van der Waals surface area contributed by atoms with Crippen molar-refractivity contribution in [1.29, 1.82) is 0 Å². The fraction of sp³-hybridized carbons (Fsp3) is 0.350. The number of carbonyl (C=O) groups is 1. The van der Waals surface area contributed by atoms with Gasteiger partial charge < -0.3 is 20.9 Å². The smallest absolute Gasteiger partial charge is 0.281 e. The van der Waals surface area contributed by atoms with Crippen molar-refractivity contribution in [3.63, 3.8) is 0 Å². The second-order valence-electron chi connectivity index (χ2n) is 7.80. The number of anilines is 1. The lowest BCUT2D eigenvalue weighted by Gasteiger charge is -2.36. The highest BCUT2D eigenvalue weighted by Crippen LogP contribution is 2.27. The van der Waals surface area contributed by atoms with Gasteiger partial charge in [-0.1, -0.05) is 12.1 Å². The van der Waals surface area contributed by atoms with Crippen LogP contribution in [0.25, 0.3) is 11.0 Å². The molecule has 0 spiro atoms. The van der Waals surface area contributed by atoms with Crippen LogP contribution in [-0.4, -0.2) is 54.2 Å². The normalized spacial score (nSPS) is 16.5. The Labute approximate surface area is 174 Å². The minimum atomic E-state index is -3.23. The maximum atomic E-state index is 12.8. The van der Waals surface area contributed by atoms with Crippen molar-refractivity contribution in [3.8, 4) is 0 Å². The van der Waals surface area contributed by atoms with E-state index < -0.39 is 15.4 Å². The zero-order valence-corrected chi connectivity index (χ0v) is 17.6. The zero-order chi connectivity index (χ0) is 21.4. The summed E-state index contributed by atoms with van der Waals surface area (Å²) in [6, 6.07) is 8.49. The molecule has 0 radical (unpaired) electrons. The molecule has 0 aliphatic carbocycles. The number of quaternary nitrogens is 1. The van der Waals surface area contributed by atoms with E-state index in [1.807, 2.05) is 12.3 Å². The average molecular weight is 430 g/mol. The number of carbonyl (C=O) groups excluding carboxylic acids is 1. The van der Waals surface area contributed by atoms with Gasteiger partial charge in [0, 0.05) is 44.9 Å². The van der Waals surface area contributed by atoms with Gasteiger partial charge in [0.15, 0.2) is 15.4 Å². The molecule has 1 aliphatic rings. The molecule has 5 N–H and O–H groups in total. The lowest BCUT2D eigenvalue weighted by molar-refractivity contribution is -0.462. The van der Waals surface area contributed by atoms with Crippen LogP contribution in [0.5, 0.6) is 0 Å². The van der Waals surface area contributed by atoms with E-state index in [-0.39, 0.29) is 10.8 Å². The fourth-order valence-corrected chi connectivity index (χ4v) is 4.34. The average Bonchev–Trinajstić information content (AvgIpc) is 3.21. The first-order valence-corrected chi connectivity index (χ1v) is 11.6. The number of aromatic nitrogens is 3. The first kappa shape index (κ1) is 20.3. The van der Waals surface area contributed by atoms with Gasteiger partial charge in [-0.3, -0.25) is 4.79 Å². The molecule has 0 saturated carbocycles. The summed E-state index contributed by atoms with van der Waals surface area (Å²) in [5, 5.41) is 3.92. The second-order valence-corrected chi connectivity index (χ2v) is 9.82. The molecule has 0 bridgehead atoms. The molecular weight excluding hydrogens is 404 g/mol. The van der Waals surface area contributed by atoms with Gasteiger partial charge in [0.25, 0.3) is 5.91 Å². The number of nitrogens with one attached hydrogen (secondary N) is 2. The summed E-state index contributed by atoms with van der Waals surface area (Å²) >= 11 is 0. The Morgan fingerprint density at radius 3 is 2.57 bits per heavy atom. The fourth-order valence-electron chi connectivity index (χ4n) is 3.71. The molecule has 9 nitrogen and oxygen atoms in total. The van der Waals surface area contributed by atoms with Crippen molar-refractivity contribution in [1.82, 2.24) is 20.3 Å². The number of hydrogen-bond acceptors (Lipinski definition) is 6. The number of fused-ring (bicyclic) bond motifs is 1. The molecule has 0 atom stereocenters. The molecule has 1 aliphatic heterocycles. The molecule has 10 heteroatoms. The third-order valence-electron chi connectivity index (χ3n) is 5.64. The molecular formula is C20H25N6O3S+. The maximum Gasteiger partial charge on any atom is 0.281 e. The Bertz CT molecular complexity index is 1160. The van der Waals surface area contributed by atoms with Gasteiger partial charge in [0.1, 0.15) is 17.8 Å². The van der Waals surface area contributed by atoms with E-state index in [9.17, 15) is 13.2 Å². The molecule has 1 fully saturated rings. The third-order valence-corrected chi connectivity index (χ3v) is 6.77. The van der Waals surface area contributed by atoms with Gasteiger partial charge in [-0.25, -0.2) is 18.4 Å². The van der Waals surface area contributed by atoms with Gasteiger partial charge in [0.05, 0.1) is 10.3 Å². The summed E-state index contributed by atoms with van der Waals surface area (Å²) in [5.74, 6) is 0.776. The molecule has 4 rings (SSSR count). The summed E-state index contributed by atoms with van der Waals surface area (Å²) < 4.78 is 23.1. The molecule has 158 valence electrons. The monoisotopic (exact) mass is 429 g/mol. The third kappa shape index (κ3) is 4.01. The lowest BCUT2D eigenvalue weighted by Crippen LogP contribution is -2.81. The number of amides is 1. The minimum Gasteiger partial charge on any atom is -0.355 e. The van der Waals surface area contributed by atoms with Crippen molar-refractivity contribution < 1.29 is 18.9 Å². The SMILES string of the molecule is CS(=O)(=O)c1ccc(CNC(=O)C2([NH3+])CCN(c3ncnc4[nH]ccc34)CC2)cc1. The summed E-state index contributed by atoms with van der Waals surface area (Å²) in [5.41, 5.74) is 5.15. The van der Waals surface area contributed by atoms with Crippen molar-refractivity contribution in [2.75, 3.05) is 24.2 Å². The molecule has 1 amide bonds. The van der Waals surface area contributed by atoms with E-state index in [4.69, 9.17) is 0 Å². The lowest BCUT2D eigenvalue weighted by atomic mass is 9.87. The molecule has 2 aromatic heterocycles. The number of sulfone groups is 1. The van der Waals surface area contributed by atoms with E-state index in [0.29, 0.717) is 32.5 Å². The quantitative estimate of drug-likeness (QED) is 0.532. The standard InChI is InChI=1S/C20H24N6O3S/c1-30(28,29)15-4-2-14(3-5-15)12-23-19(27)20(21)7-10-26(11-8-20)18-16-6-9-22-17(16)24-13-25-18/h2-6,9,13H,7-8,10-12,21H2,1H3,(H,23,27)(H,22,24,25)/p+1.